The van der Waals surface area contributed by atoms with Crippen molar-refractivity contribution in [3.8, 4) is 0 Å². The molecule has 4 nitrogen and oxygen atoms in total. The van der Waals surface area contributed by atoms with E-state index >= 15 is 0 Å². The van der Waals surface area contributed by atoms with Crippen LogP contribution in [0.3, 0.4) is 0 Å². The first kappa shape index (κ1) is 9.48. The molecule has 1 heterocycles. The van der Waals surface area contributed by atoms with Gasteiger partial charge >= 0.3 is 5.97 Å². The highest BCUT2D eigenvalue weighted by molar-refractivity contribution is 5.73. The van der Waals surface area contributed by atoms with E-state index in [1.54, 1.807) is 7.11 Å². The molecule has 1 rings (SSSR count). The van der Waals surface area contributed by atoms with Crippen LogP contribution in [-0.2, 0) is 9.53 Å². The lowest BCUT2D eigenvalue weighted by Gasteiger charge is -2.10. The molecule has 2 atom stereocenters. The van der Waals surface area contributed by atoms with Crippen LogP contribution in [0.2, 0.25) is 0 Å². The maximum atomic E-state index is 10.5. The summed E-state index contributed by atoms with van der Waals surface area (Å²) in [7, 11) is 1.66. The molecule has 0 spiro atoms. The van der Waals surface area contributed by atoms with Crippen LogP contribution in [0, 0.1) is 0 Å². The van der Waals surface area contributed by atoms with Crippen LogP contribution in [0.4, 0.5) is 0 Å². The zero-order valence-corrected chi connectivity index (χ0v) is 7.25. The Morgan fingerprint density at radius 3 is 2.92 bits per heavy atom. The number of carboxylic acids is 1. The molecule has 1 aliphatic rings. The average molecular weight is 173 g/mol. The number of carboxylic acid groups (broad SMARTS) is 1. The van der Waals surface area contributed by atoms with Crippen molar-refractivity contribution in [1.82, 2.24) is 5.32 Å². The summed E-state index contributed by atoms with van der Waals surface area (Å²) in [4.78, 5) is 10.5. The number of aliphatic carboxylic acids is 1. The molecule has 12 heavy (non-hydrogen) atoms. The normalized spacial score (nSPS) is 29.1. The Hall–Kier alpha value is -0.610. The van der Waals surface area contributed by atoms with Crippen LogP contribution in [-0.4, -0.2) is 36.9 Å². The van der Waals surface area contributed by atoms with Gasteiger partial charge in [-0.05, 0) is 19.3 Å². The van der Waals surface area contributed by atoms with Gasteiger partial charge in [-0.3, -0.25) is 4.79 Å². The molecule has 2 N–H and O–H groups in total. The zero-order chi connectivity index (χ0) is 8.97. The van der Waals surface area contributed by atoms with Crippen LogP contribution in [0.5, 0.6) is 0 Å². The van der Waals surface area contributed by atoms with Crippen LogP contribution >= 0.6 is 0 Å². The molecule has 0 bridgehead atoms. The van der Waals surface area contributed by atoms with Crippen molar-refractivity contribution in [2.24, 2.45) is 0 Å². The van der Waals surface area contributed by atoms with E-state index in [0.29, 0.717) is 12.6 Å². The van der Waals surface area contributed by atoms with Crippen molar-refractivity contribution in [2.75, 3.05) is 13.7 Å². The highest BCUT2D eigenvalue weighted by Crippen LogP contribution is 2.14. The van der Waals surface area contributed by atoms with Crippen LogP contribution in [0.1, 0.15) is 19.3 Å². The van der Waals surface area contributed by atoms with Gasteiger partial charge in [-0.15, -0.1) is 0 Å². The minimum atomic E-state index is -0.741. The van der Waals surface area contributed by atoms with Gasteiger partial charge in [-0.2, -0.15) is 0 Å². The second-order valence-electron chi connectivity index (χ2n) is 3.11. The molecule has 0 aromatic rings. The Kier molecular flexibility index (Phi) is 3.49. The number of methoxy groups -OCH3 is 1. The Balaban J connectivity index is 2.21. The van der Waals surface area contributed by atoms with E-state index in [-0.39, 0.29) is 6.04 Å². The third kappa shape index (κ3) is 2.46. The Bertz CT molecular complexity index is 160. The average Bonchev–Trinajstić information content (AvgIpc) is 2.48. The Morgan fingerprint density at radius 2 is 2.42 bits per heavy atom. The van der Waals surface area contributed by atoms with Gasteiger partial charge in [0.05, 0.1) is 0 Å². The van der Waals surface area contributed by atoms with E-state index in [1.807, 2.05) is 0 Å². The molecule has 0 aromatic carbocycles. The predicted octanol–water partition coefficient (Wildman–Crippen LogP) is 0.228. The zero-order valence-electron chi connectivity index (χ0n) is 7.25. The maximum absolute atomic E-state index is 10.5. The standard InChI is InChI=1S/C8H15NO3/c1-12-5-4-6-2-3-7(9-6)8(10)11/h6-7,9H,2-5H2,1H3,(H,10,11). The largest absolute Gasteiger partial charge is 0.480 e. The number of hydrogen-bond acceptors (Lipinski definition) is 3. The number of nitrogens with one attached hydrogen (secondary N) is 1. The van der Waals surface area contributed by atoms with Gasteiger partial charge in [0, 0.05) is 19.8 Å². The monoisotopic (exact) mass is 173 g/mol. The Labute approximate surface area is 71.9 Å². The van der Waals surface area contributed by atoms with E-state index in [9.17, 15) is 4.79 Å². The minimum absolute atomic E-state index is 0.325. The summed E-state index contributed by atoms with van der Waals surface area (Å²) in [6, 6.07) is -0.0158. The third-order valence-electron chi connectivity index (χ3n) is 2.21. The highest BCUT2D eigenvalue weighted by Gasteiger charge is 2.27. The van der Waals surface area contributed by atoms with Crippen molar-refractivity contribution in [3.63, 3.8) is 0 Å². The summed E-state index contributed by atoms with van der Waals surface area (Å²) >= 11 is 0. The summed E-state index contributed by atoms with van der Waals surface area (Å²) in [6.45, 7) is 0.698. The second-order valence-corrected chi connectivity index (χ2v) is 3.11. The van der Waals surface area contributed by atoms with Gasteiger partial charge in [-0.25, -0.2) is 0 Å². The molecule has 4 heteroatoms. The predicted molar refractivity (Wildman–Crippen MR) is 44.1 cm³/mol. The number of ether oxygens (including phenoxy) is 1. The lowest BCUT2D eigenvalue weighted by Crippen LogP contribution is -2.35. The molecule has 0 radical (unpaired) electrons. The molecular formula is C8H15NO3. The first-order valence-corrected chi connectivity index (χ1v) is 4.22. The molecule has 1 saturated heterocycles. The fourth-order valence-electron chi connectivity index (χ4n) is 1.50. The highest BCUT2D eigenvalue weighted by atomic mass is 16.5. The molecule has 2 unspecified atom stereocenters. The summed E-state index contributed by atoms with van der Waals surface area (Å²) in [5.41, 5.74) is 0. The molecule has 0 aromatic heterocycles. The molecule has 0 aliphatic carbocycles. The van der Waals surface area contributed by atoms with E-state index in [2.05, 4.69) is 5.32 Å². The summed E-state index contributed by atoms with van der Waals surface area (Å²) in [5, 5.41) is 11.7. The van der Waals surface area contributed by atoms with Crippen molar-refractivity contribution >= 4 is 5.97 Å². The molecule has 70 valence electrons. The fraction of sp³-hybridized carbons (Fsp3) is 0.875. The minimum Gasteiger partial charge on any atom is -0.480 e. The Morgan fingerprint density at radius 1 is 1.67 bits per heavy atom. The van der Waals surface area contributed by atoms with Crippen molar-refractivity contribution in [2.45, 2.75) is 31.3 Å². The lowest BCUT2D eigenvalue weighted by molar-refractivity contribution is -0.139. The van der Waals surface area contributed by atoms with Gasteiger partial charge in [-0.1, -0.05) is 0 Å². The van der Waals surface area contributed by atoms with Gasteiger partial charge in [0.1, 0.15) is 6.04 Å². The quantitative estimate of drug-likeness (QED) is 0.639. The van der Waals surface area contributed by atoms with Crippen LogP contribution < -0.4 is 5.32 Å². The molecule has 1 fully saturated rings. The van der Waals surface area contributed by atoms with Crippen LogP contribution in [0.25, 0.3) is 0 Å². The van der Waals surface area contributed by atoms with Gasteiger partial charge in [0.2, 0.25) is 0 Å². The summed E-state index contributed by atoms with van der Waals surface area (Å²) < 4.78 is 4.91. The summed E-state index contributed by atoms with van der Waals surface area (Å²) in [6.07, 6.45) is 2.59. The molecule has 0 amide bonds. The lowest BCUT2D eigenvalue weighted by atomic mass is 10.1. The van der Waals surface area contributed by atoms with E-state index in [1.165, 1.54) is 0 Å². The second kappa shape index (κ2) is 4.42. The molecule has 1 aliphatic heterocycles. The van der Waals surface area contributed by atoms with Gasteiger partial charge in [0.25, 0.3) is 0 Å². The van der Waals surface area contributed by atoms with Crippen molar-refractivity contribution in [3.05, 3.63) is 0 Å². The van der Waals surface area contributed by atoms with Gasteiger partial charge in [0.15, 0.2) is 0 Å². The maximum Gasteiger partial charge on any atom is 0.320 e. The molecule has 0 saturated carbocycles. The molecular weight excluding hydrogens is 158 g/mol. The summed E-state index contributed by atoms with van der Waals surface area (Å²) in [5.74, 6) is -0.741. The topological polar surface area (TPSA) is 58.6 Å². The van der Waals surface area contributed by atoms with Crippen molar-refractivity contribution in [1.29, 1.82) is 0 Å². The SMILES string of the molecule is COCCC1CCC(C(=O)O)N1. The number of rotatable bonds is 4. The number of hydrogen-bond donors (Lipinski definition) is 2. The first-order chi connectivity index (χ1) is 5.74. The number of carbonyl (C=O) groups is 1. The first-order valence-electron chi connectivity index (χ1n) is 4.22. The van der Waals surface area contributed by atoms with E-state index in [4.69, 9.17) is 9.84 Å². The van der Waals surface area contributed by atoms with E-state index < -0.39 is 5.97 Å². The van der Waals surface area contributed by atoms with Gasteiger partial charge < -0.3 is 15.2 Å². The van der Waals surface area contributed by atoms with Crippen molar-refractivity contribution < 1.29 is 14.6 Å². The van der Waals surface area contributed by atoms with Crippen LogP contribution in [0.15, 0.2) is 0 Å². The third-order valence-corrected chi connectivity index (χ3v) is 2.21. The smallest absolute Gasteiger partial charge is 0.320 e. The fourth-order valence-corrected chi connectivity index (χ4v) is 1.50. The van der Waals surface area contributed by atoms with E-state index in [0.717, 1.165) is 19.3 Å².